The molecule has 0 aliphatic heterocycles. The maximum Gasteiger partial charge on any atom is 0.258 e. The third kappa shape index (κ3) is 3.85. The first-order valence-corrected chi connectivity index (χ1v) is 11.5. The lowest BCUT2D eigenvalue weighted by atomic mass is 9.94. The standard InChI is InChI=1S/C26H25F3N4O/c1-15(2)23-31-12-17(13-32-23)24(34)33-22-19(18-5-3-4-6-20(18)27)8-10-30-21(22)16-7-9-25(11-16)14-26(25,28)29/h3-6,8,10,12-13,15-16H,7,9,11,14H2,1-2H3,(H,33,34). The molecular weight excluding hydrogens is 441 g/mol. The highest BCUT2D eigenvalue weighted by Gasteiger charge is 2.72. The van der Waals surface area contributed by atoms with Crippen molar-refractivity contribution in [3.8, 4) is 11.1 Å². The van der Waals surface area contributed by atoms with Crippen molar-refractivity contribution in [3.63, 3.8) is 0 Å². The molecule has 0 saturated heterocycles. The number of nitrogens with zero attached hydrogens (tertiary/aromatic N) is 3. The van der Waals surface area contributed by atoms with Gasteiger partial charge in [-0.05, 0) is 31.4 Å². The molecule has 2 aromatic heterocycles. The van der Waals surface area contributed by atoms with Gasteiger partial charge in [0, 0.05) is 53.4 Å². The number of hydrogen-bond donors (Lipinski definition) is 1. The molecule has 8 heteroatoms. The van der Waals surface area contributed by atoms with Gasteiger partial charge in [-0.25, -0.2) is 23.1 Å². The minimum absolute atomic E-state index is 0.106. The lowest BCUT2D eigenvalue weighted by Crippen LogP contribution is -2.17. The van der Waals surface area contributed by atoms with Crippen LogP contribution < -0.4 is 5.32 Å². The van der Waals surface area contributed by atoms with Crippen molar-refractivity contribution in [1.29, 1.82) is 0 Å². The molecule has 1 N–H and O–H groups in total. The number of pyridine rings is 1. The van der Waals surface area contributed by atoms with Gasteiger partial charge in [0.05, 0.1) is 16.9 Å². The summed E-state index contributed by atoms with van der Waals surface area (Å²) >= 11 is 0. The van der Waals surface area contributed by atoms with Crippen molar-refractivity contribution in [2.75, 3.05) is 5.32 Å². The summed E-state index contributed by atoms with van der Waals surface area (Å²) in [6.45, 7) is 3.91. The third-order valence-corrected chi connectivity index (χ3v) is 7.04. The molecule has 176 valence electrons. The normalized spacial score (nSPS) is 22.8. The van der Waals surface area contributed by atoms with E-state index in [-0.39, 0.29) is 23.8 Å². The van der Waals surface area contributed by atoms with E-state index in [1.165, 1.54) is 18.5 Å². The average Bonchev–Trinajstić information content (AvgIpc) is 3.12. The quantitative estimate of drug-likeness (QED) is 0.476. The molecular formula is C26H25F3N4O. The molecule has 3 aromatic rings. The van der Waals surface area contributed by atoms with Crippen LogP contribution in [-0.4, -0.2) is 26.8 Å². The molecule has 0 bridgehead atoms. The molecule has 2 unspecified atom stereocenters. The largest absolute Gasteiger partial charge is 0.320 e. The first kappa shape index (κ1) is 22.5. The molecule has 2 atom stereocenters. The van der Waals surface area contributed by atoms with E-state index >= 15 is 0 Å². The number of rotatable bonds is 5. The molecule has 2 saturated carbocycles. The zero-order valence-electron chi connectivity index (χ0n) is 19.0. The SMILES string of the molecule is CC(C)c1ncc(C(=O)Nc2c(-c3ccccc3F)ccnc2C2CCC3(C2)CC3(F)F)cn1. The van der Waals surface area contributed by atoms with E-state index in [2.05, 4.69) is 20.3 Å². The molecule has 2 aliphatic rings. The Kier molecular flexibility index (Phi) is 5.41. The number of carbonyl (C=O) groups is 1. The Labute approximate surface area is 195 Å². The van der Waals surface area contributed by atoms with Crippen molar-refractivity contribution in [2.45, 2.75) is 57.3 Å². The summed E-state index contributed by atoms with van der Waals surface area (Å²) in [4.78, 5) is 26.1. The Hall–Kier alpha value is -3.29. The van der Waals surface area contributed by atoms with Gasteiger partial charge >= 0.3 is 0 Å². The van der Waals surface area contributed by atoms with Gasteiger partial charge in [-0.15, -0.1) is 0 Å². The van der Waals surface area contributed by atoms with Crippen molar-refractivity contribution in [2.24, 2.45) is 5.41 Å². The third-order valence-electron chi connectivity index (χ3n) is 7.04. The van der Waals surface area contributed by atoms with Crippen LogP contribution >= 0.6 is 0 Å². The second-order valence-corrected chi connectivity index (χ2v) is 9.64. The number of alkyl halides is 2. The summed E-state index contributed by atoms with van der Waals surface area (Å²) in [5, 5.41) is 2.88. The van der Waals surface area contributed by atoms with Crippen LogP contribution in [-0.2, 0) is 0 Å². The zero-order valence-corrected chi connectivity index (χ0v) is 19.0. The second-order valence-electron chi connectivity index (χ2n) is 9.64. The van der Waals surface area contributed by atoms with Gasteiger partial charge in [-0.2, -0.15) is 0 Å². The Morgan fingerprint density at radius 3 is 2.41 bits per heavy atom. The van der Waals surface area contributed by atoms with Gasteiger partial charge in [0.15, 0.2) is 0 Å². The van der Waals surface area contributed by atoms with Crippen LogP contribution in [0.15, 0.2) is 48.9 Å². The monoisotopic (exact) mass is 466 g/mol. The van der Waals surface area contributed by atoms with E-state index in [0.29, 0.717) is 47.6 Å². The summed E-state index contributed by atoms with van der Waals surface area (Å²) in [7, 11) is 0. The predicted molar refractivity (Wildman–Crippen MR) is 122 cm³/mol. The molecule has 1 spiro atoms. The lowest BCUT2D eigenvalue weighted by molar-refractivity contribution is 0.0654. The van der Waals surface area contributed by atoms with E-state index in [0.717, 1.165) is 0 Å². The van der Waals surface area contributed by atoms with Gasteiger partial charge in [0.1, 0.15) is 11.6 Å². The second kappa shape index (κ2) is 8.18. The van der Waals surface area contributed by atoms with E-state index in [9.17, 15) is 18.0 Å². The Balaban J connectivity index is 1.53. The van der Waals surface area contributed by atoms with Crippen molar-refractivity contribution < 1.29 is 18.0 Å². The molecule has 2 fully saturated rings. The Bertz CT molecular complexity index is 1250. The molecule has 34 heavy (non-hydrogen) atoms. The predicted octanol–water partition coefficient (Wildman–Crippen LogP) is 6.35. The van der Waals surface area contributed by atoms with Crippen LogP contribution in [0, 0.1) is 11.2 Å². The molecule has 2 aliphatic carbocycles. The molecule has 0 radical (unpaired) electrons. The topological polar surface area (TPSA) is 67.8 Å². The molecule has 5 nitrogen and oxygen atoms in total. The fourth-order valence-corrected chi connectivity index (χ4v) is 5.00. The summed E-state index contributed by atoms with van der Waals surface area (Å²) in [6, 6.07) is 7.89. The Morgan fingerprint density at radius 2 is 1.79 bits per heavy atom. The van der Waals surface area contributed by atoms with Crippen LogP contribution in [0.2, 0.25) is 0 Å². The van der Waals surface area contributed by atoms with E-state index in [1.807, 2.05) is 13.8 Å². The van der Waals surface area contributed by atoms with Crippen LogP contribution in [0.1, 0.15) is 73.2 Å². The van der Waals surface area contributed by atoms with E-state index in [1.54, 1.807) is 30.5 Å². The fraction of sp³-hybridized carbons (Fsp3) is 0.385. The number of amides is 1. The maximum absolute atomic E-state index is 14.7. The minimum atomic E-state index is -2.65. The summed E-state index contributed by atoms with van der Waals surface area (Å²) in [5.41, 5.74) is 0.882. The van der Waals surface area contributed by atoms with Gasteiger partial charge < -0.3 is 5.32 Å². The molecule has 1 amide bonds. The lowest BCUT2D eigenvalue weighted by Gasteiger charge is -2.19. The van der Waals surface area contributed by atoms with Crippen LogP contribution in [0.25, 0.3) is 11.1 Å². The molecule has 2 heterocycles. The molecule has 1 aromatic carbocycles. The number of anilines is 1. The number of hydrogen-bond acceptors (Lipinski definition) is 4. The highest BCUT2D eigenvalue weighted by molar-refractivity contribution is 6.06. The highest BCUT2D eigenvalue weighted by atomic mass is 19.3. The summed E-state index contributed by atoms with van der Waals surface area (Å²) in [6.07, 6.45) is 5.58. The van der Waals surface area contributed by atoms with Crippen molar-refractivity contribution in [3.05, 3.63) is 71.8 Å². The van der Waals surface area contributed by atoms with Gasteiger partial charge in [0.2, 0.25) is 0 Å². The van der Waals surface area contributed by atoms with Crippen LogP contribution in [0.5, 0.6) is 0 Å². The number of benzene rings is 1. The number of aromatic nitrogens is 3. The van der Waals surface area contributed by atoms with Gasteiger partial charge in [-0.3, -0.25) is 9.78 Å². The minimum Gasteiger partial charge on any atom is -0.320 e. The summed E-state index contributed by atoms with van der Waals surface area (Å²) in [5.74, 6) is -3.08. The first-order valence-electron chi connectivity index (χ1n) is 11.5. The number of nitrogens with one attached hydrogen (secondary N) is 1. The summed E-state index contributed by atoms with van der Waals surface area (Å²) < 4.78 is 42.8. The van der Waals surface area contributed by atoms with Crippen molar-refractivity contribution in [1.82, 2.24) is 15.0 Å². The van der Waals surface area contributed by atoms with E-state index < -0.39 is 23.1 Å². The number of halogens is 3. The first-order chi connectivity index (χ1) is 16.2. The smallest absolute Gasteiger partial charge is 0.258 e. The fourth-order valence-electron chi connectivity index (χ4n) is 5.00. The average molecular weight is 467 g/mol. The van der Waals surface area contributed by atoms with E-state index in [4.69, 9.17) is 0 Å². The van der Waals surface area contributed by atoms with Crippen LogP contribution in [0.3, 0.4) is 0 Å². The van der Waals surface area contributed by atoms with Crippen LogP contribution in [0.4, 0.5) is 18.9 Å². The molecule has 5 rings (SSSR count). The highest BCUT2D eigenvalue weighted by Crippen LogP contribution is 2.71. The zero-order chi connectivity index (χ0) is 24.1. The van der Waals surface area contributed by atoms with Gasteiger partial charge in [-0.1, -0.05) is 32.0 Å². The maximum atomic E-state index is 14.7. The van der Waals surface area contributed by atoms with Crippen molar-refractivity contribution >= 4 is 11.6 Å². The van der Waals surface area contributed by atoms with Gasteiger partial charge in [0.25, 0.3) is 11.8 Å². The number of carbonyl (C=O) groups excluding carboxylic acids is 1. The Morgan fingerprint density at radius 1 is 1.09 bits per heavy atom.